The van der Waals surface area contributed by atoms with Crippen molar-refractivity contribution in [2.45, 2.75) is 18.2 Å². The molecule has 0 heterocycles. The molecule has 0 spiro atoms. The van der Waals surface area contributed by atoms with Crippen LogP contribution in [-0.4, -0.2) is 13.7 Å². The maximum absolute atomic E-state index is 11.2. The molecule has 0 aliphatic heterocycles. The first-order chi connectivity index (χ1) is 6.45. The summed E-state index contributed by atoms with van der Waals surface area (Å²) in [6, 6.07) is 5.14. The second kappa shape index (κ2) is 4.64. The third kappa shape index (κ3) is 2.97. The Kier molecular flexibility index (Phi) is 3.98. The van der Waals surface area contributed by atoms with E-state index >= 15 is 0 Å². The molecule has 0 unspecified atom stereocenters. The van der Waals surface area contributed by atoms with Gasteiger partial charge >= 0.3 is 0 Å². The standard InChI is InChI=1S/C9H10BrClO2S/c1-7-2-3-9(14(11,12)13)8(6-7)4-5-10/h2-3,6H,4-5H2,1H3. The van der Waals surface area contributed by atoms with Crippen LogP contribution in [0.3, 0.4) is 0 Å². The minimum atomic E-state index is -3.62. The first kappa shape index (κ1) is 12.0. The van der Waals surface area contributed by atoms with Crippen molar-refractivity contribution in [3.8, 4) is 0 Å². The Balaban J connectivity index is 3.29. The van der Waals surface area contributed by atoms with Crippen LogP contribution in [0.1, 0.15) is 11.1 Å². The van der Waals surface area contributed by atoms with E-state index in [0.717, 1.165) is 16.5 Å². The predicted octanol–water partition coefficient (Wildman–Crippen LogP) is 2.86. The summed E-state index contributed by atoms with van der Waals surface area (Å²) in [5, 5.41) is 0.718. The van der Waals surface area contributed by atoms with Gasteiger partial charge in [0, 0.05) is 16.0 Å². The van der Waals surface area contributed by atoms with Crippen molar-refractivity contribution in [3.05, 3.63) is 29.3 Å². The van der Waals surface area contributed by atoms with Crippen LogP contribution in [0.25, 0.3) is 0 Å². The molecular weight excluding hydrogens is 288 g/mol. The van der Waals surface area contributed by atoms with Crippen molar-refractivity contribution < 1.29 is 8.42 Å². The van der Waals surface area contributed by atoms with Crippen LogP contribution < -0.4 is 0 Å². The normalized spacial score (nSPS) is 11.6. The lowest BCUT2D eigenvalue weighted by Gasteiger charge is -2.05. The highest BCUT2D eigenvalue weighted by molar-refractivity contribution is 9.09. The van der Waals surface area contributed by atoms with Gasteiger partial charge in [-0.1, -0.05) is 33.6 Å². The van der Waals surface area contributed by atoms with Gasteiger partial charge < -0.3 is 0 Å². The summed E-state index contributed by atoms with van der Waals surface area (Å²) in [5.74, 6) is 0. The fourth-order valence-corrected chi connectivity index (χ4v) is 2.83. The second-order valence-corrected chi connectivity index (χ2v) is 6.32. The first-order valence-corrected chi connectivity index (χ1v) is 7.48. The number of halogens is 2. The van der Waals surface area contributed by atoms with Gasteiger partial charge in [0.1, 0.15) is 0 Å². The molecule has 0 saturated heterocycles. The van der Waals surface area contributed by atoms with Gasteiger partial charge in [0.05, 0.1) is 4.90 Å². The quantitative estimate of drug-likeness (QED) is 0.635. The monoisotopic (exact) mass is 296 g/mol. The maximum atomic E-state index is 11.2. The highest BCUT2D eigenvalue weighted by atomic mass is 79.9. The van der Waals surface area contributed by atoms with Gasteiger partial charge in [-0.05, 0) is 25.0 Å². The molecule has 1 rings (SSSR count). The molecule has 0 fully saturated rings. The number of aryl methyl sites for hydroxylation is 2. The van der Waals surface area contributed by atoms with Crippen LogP contribution >= 0.6 is 26.6 Å². The number of hydrogen-bond acceptors (Lipinski definition) is 2. The minimum absolute atomic E-state index is 0.212. The highest BCUT2D eigenvalue weighted by Crippen LogP contribution is 2.22. The summed E-state index contributed by atoms with van der Waals surface area (Å²) in [4.78, 5) is 0.212. The maximum Gasteiger partial charge on any atom is 0.261 e. The largest absolute Gasteiger partial charge is 0.261 e. The van der Waals surface area contributed by atoms with Crippen molar-refractivity contribution >= 4 is 35.7 Å². The van der Waals surface area contributed by atoms with E-state index in [2.05, 4.69) is 15.9 Å². The third-order valence-corrected chi connectivity index (χ3v) is 3.66. The molecular formula is C9H10BrClO2S. The molecule has 0 bridgehead atoms. The summed E-state index contributed by atoms with van der Waals surface area (Å²) < 4.78 is 22.4. The molecule has 0 saturated carbocycles. The Bertz CT molecular complexity index is 428. The van der Waals surface area contributed by atoms with Crippen molar-refractivity contribution in [2.75, 3.05) is 5.33 Å². The van der Waals surface area contributed by atoms with Crippen LogP contribution in [0.15, 0.2) is 23.1 Å². The van der Waals surface area contributed by atoms with Crippen molar-refractivity contribution in [1.82, 2.24) is 0 Å². The topological polar surface area (TPSA) is 34.1 Å². The van der Waals surface area contributed by atoms with Crippen LogP contribution in [-0.2, 0) is 15.5 Å². The predicted molar refractivity (Wildman–Crippen MR) is 61.7 cm³/mol. The van der Waals surface area contributed by atoms with E-state index in [0.29, 0.717) is 6.42 Å². The zero-order valence-corrected chi connectivity index (χ0v) is 10.8. The Hall–Kier alpha value is -0.0600. The van der Waals surface area contributed by atoms with Gasteiger partial charge in [-0.15, -0.1) is 0 Å². The van der Waals surface area contributed by atoms with Gasteiger partial charge in [-0.2, -0.15) is 0 Å². The molecule has 1 aromatic rings. The van der Waals surface area contributed by atoms with Crippen molar-refractivity contribution in [1.29, 1.82) is 0 Å². The lowest BCUT2D eigenvalue weighted by molar-refractivity contribution is 0.608. The first-order valence-electron chi connectivity index (χ1n) is 4.05. The average molecular weight is 298 g/mol. The number of benzene rings is 1. The third-order valence-electron chi connectivity index (χ3n) is 1.84. The summed E-state index contributed by atoms with van der Waals surface area (Å²) >= 11 is 3.27. The lowest BCUT2D eigenvalue weighted by atomic mass is 10.1. The Morgan fingerprint density at radius 1 is 1.43 bits per heavy atom. The molecule has 0 aliphatic carbocycles. The van der Waals surface area contributed by atoms with E-state index in [4.69, 9.17) is 10.7 Å². The molecule has 0 aromatic heterocycles. The van der Waals surface area contributed by atoms with Gasteiger partial charge in [0.15, 0.2) is 0 Å². The molecule has 1 aromatic carbocycles. The van der Waals surface area contributed by atoms with Crippen LogP contribution in [0.2, 0.25) is 0 Å². The number of alkyl halides is 1. The number of rotatable bonds is 3. The van der Waals surface area contributed by atoms with Gasteiger partial charge in [-0.25, -0.2) is 8.42 Å². The van der Waals surface area contributed by atoms with E-state index in [1.807, 2.05) is 13.0 Å². The smallest absolute Gasteiger partial charge is 0.207 e. The lowest BCUT2D eigenvalue weighted by Crippen LogP contribution is -1.99. The molecule has 5 heteroatoms. The zero-order chi connectivity index (χ0) is 10.8. The van der Waals surface area contributed by atoms with Crippen LogP contribution in [0.4, 0.5) is 0 Å². The Labute approximate surface area is 96.8 Å². The summed E-state index contributed by atoms with van der Waals surface area (Å²) in [5.41, 5.74) is 1.79. The summed E-state index contributed by atoms with van der Waals surface area (Å²) in [7, 11) is 1.69. The molecule has 0 N–H and O–H groups in total. The van der Waals surface area contributed by atoms with Crippen LogP contribution in [0.5, 0.6) is 0 Å². The molecule has 78 valence electrons. The van der Waals surface area contributed by atoms with Crippen molar-refractivity contribution in [2.24, 2.45) is 0 Å². The fraction of sp³-hybridized carbons (Fsp3) is 0.333. The SMILES string of the molecule is Cc1ccc(S(=O)(=O)Cl)c(CCBr)c1. The Morgan fingerprint density at radius 3 is 2.57 bits per heavy atom. The molecule has 0 amide bonds. The highest BCUT2D eigenvalue weighted by Gasteiger charge is 2.14. The summed E-state index contributed by atoms with van der Waals surface area (Å²) in [6.45, 7) is 1.92. The molecule has 2 nitrogen and oxygen atoms in total. The fourth-order valence-electron chi connectivity index (χ4n) is 1.24. The molecule has 0 radical (unpaired) electrons. The van der Waals surface area contributed by atoms with E-state index in [1.165, 1.54) is 0 Å². The second-order valence-electron chi connectivity index (χ2n) is 2.99. The van der Waals surface area contributed by atoms with Gasteiger partial charge in [0.2, 0.25) is 0 Å². The van der Waals surface area contributed by atoms with E-state index in [-0.39, 0.29) is 4.90 Å². The van der Waals surface area contributed by atoms with Gasteiger partial charge in [0.25, 0.3) is 9.05 Å². The number of hydrogen-bond donors (Lipinski definition) is 0. The molecule has 14 heavy (non-hydrogen) atoms. The zero-order valence-electron chi connectivity index (χ0n) is 7.63. The molecule has 0 atom stereocenters. The Morgan fingerprint density at radius 2 is 2.07 bits per heavy atom. The summed E-state index contributed by atoms with van der Waals surface area (Å²) in [6.07, 6.45) is 0.656. The van der Waals surface area contributed by atoms with E-state index in [1.54, 1.807) is 12.1 Å². The van der Waals surface area contributed by atoms with Crippen molar-refractivity contribution in [3.63, 3.8) is 0 Å². The minimum Gasteiger partial charge on any atom is -0.207 e. The van der Waals surface area contributed by atoms with E-state index < -0.39 is 9.05 Å². The average Bonchev–Trinajstić information content (AvgIpc) is 2.02. The van der Waals surface area contributed by atoms with Gasteiger partial charge in [-0.3, -0.25) is 0 Å². The van der Waals surface area contributed by atoms with E-state index in [9.17, 15) is 8.42 Å². The van der Waals surface area contributed by atoms with Crippen LogP contribution in [0, 0.1) is 6.92 Å². The molecule has 0 aliphatic rings.